The van der Waals surface area contributed by atoms with Crippen molar-refractivity contribution in [1.82, 2.24) is 4.57 Å². The standard InChI is InChI=1S/C13H15N3Se/c1-16-11-5-3-2-4-8(11)9-6-7-10(14)13(17-15)12(9)16/h2-5H,6-7,14-15H2,1H3. The Bertz CT molecular complexity index is 625. The molecule has 2 aromatic rings. The van der Waals surface area contributed by atoms with Gasteiger partial charge in [0.25, 0.3) is 0 Å². The number of fused-ring (bicyclic) bond motifs is 3. The summed E-state index contributed by atoms with van der Waals surface area (Å²) in [6, 6.07) is 8.52. The first kappa shape index (κ1) is 10.9. The summed E-state index contributed by atoms with van der Waals surface area (Å²) < 4.78 is 9.33. The van der Waals surface area contributed by atoms with Crippen LogP contribution in [-0.2, 0) is 13.5 Å². The van der Waals surface area contributed by atoms with E-state index in [1.54, 1.807) is 0 Å². The van der Waals surface area contributed by atoms with E-state index in [0.717, 1.165) is 18.5 Å². The van der Waals surface area contributed by atoms with Gasteiger partial charge in [-0.3, -0.25) is 0 Å². The van der Waals surface area contributed by atoms with Gasteiger partial charge < -0.3 is 0 Å². The van der Waals surface area contributed by atoms with Gasteiger partial charge in [0.2, 0.25) is 0 Å². The van der Waals surface area contributed by atoms with Gasteiger partial charge in [0.15, 0.2) is 0 Å². The summed E-state index contributed by atoms with van der Waals surface area (Å²) in [5, 5.41) is 1.35. The van der Waals surface area contributed by atoms with Crippen LogP contribution in [0.3, 0.4) is 0 Å². The van der Waals surface area contributed by atoms with Gasteiger partial charge in [0, 0.05) is 0 Å². The first-order chi connectivity index (χ1) is 8.24. The number of nitrogens with two attached hydrogens (primary N) is 2. The van der Waals surface area contributed by atoms with Gasteiger partial charge in [-0.15, -0.1) is 0 Å². The Morgan fingerprint density at radius 1 is 1.24 bits per heavy atom. The Hall–Kier alpha value is -1.22. The molecule has 0 aliphatic heterocycles. The first-order valence-electron chi connectivity index (χ1n) is 5.66. The molecule has 1 aliphatic carbocycles. The third kappa shape index (κ3) is 1.45. The van der Waals surface area contributed by atoms with Crippen molar-refractivity contribution in [3.05, 3.63) is 41.2 Å². The number of allylic oxidation sites excluding steroid dienone is 1. The maximum absolute atomic E-state index is 6.10. The molecule has 3 nitrogen and oxygen atoms in total. The second-order valence-electron chi connectivity index (χ2n) is 4.38. The topological polar surface area (TPSA) is 57.0 Å². The molecule has 1 heterocycles. The summed E-state index contributed by atoms with van der Waals surface area (Å²) >= 11 is -0.0403. The fourth-order valence-corrected chi connectivity index (χ4v) is 3.98. The maximum atomic E-state index is 6.10. The van der Waals surface area contributed by atoms with Gasteiger partial charge in [0.05, 0.1) is 0 Å². The number of aromatic nitrogens is 1. The summed E-state index contributed by atoms with van der Waals surface area (Å²) in [6.45, 7) is 0. The van der Waals surface area contributed by atoms with Crippen LogP contribution in [0.5, 0.6) is 0 Å². The van der Waals surface area contributed by atoms with Crippen LogP contribution in [0.2, 0.25) is 0 Å². The van der Waals surface area contributed by atoms with Crippen molar-refractivity contribution in [2.75, 3.05) is 0 Å². The Morgan fingerprint density at radius 3 is 2.76 bits per heavy atom. The summed E-state index contributed by atoms with van der Waals surface area (Å²) in [5.41, 5.74) is 11.0. The molecule has 3 rings (SSSR count). The minimum atomic E-state index is -0.0403. The molecule has 0 spiro atoms. The molecule has 88 valence electrons. The number of nitrogens with zero attached hydrogens (tertiary/aromatic N) is 1. The molecule has 0 unspecified atom stereocenters. The third-order valence-corrected chi connectivity index (χ3v) is 4.93. The molecule has 1 aliphatic rings. The fourth-order valence-electron chi connectivity index (χ4n) is 2.67. The summed E-state index contributed by atoms with van der Waals surface area (Å²) in [6.07, 6.45) is 1.97. The van der Waals surface area contributed by atoms with E-state index >= 15 is 0 Å². The molecule has 0 bridgehead atoms. The van der Waals surface area contributed by atoms with Crippen molar-refractivity contribution in [3.63, 3.8) is 0 Å². The molecular weight excluding hydrogens is 277 g/mol. The van der Waals surface area contributed by atoms with Gasteiger partial charge in [-0.2, -0.15) is 0 Å². The van der Waals surface area contributed by atoms with E-state index in [4.69, 9.17) is 10.5 Å². The number of hydrogen-bond acceptors (Lipinski definition) is 2. The second kappa shape index (κ2) is 3.91. The van der Waals surface area contributed by atoms with Crippen LogP contribution >= 0.6 is 0 Å². The zero-order chi connectivity index (χ0) is 12.0. The van der Waals surface area contributed by atoms with Crippen LogP contribution in [0.15, 0.2) is 30.0 Å². The molecule has 0 saturated carbocycles. The third-order valence-electron chi connectivity index (χ3n) is 3.48. The van der Waals surface area contributed by atoms with E-state index in [1.165, 1.54) is 26.6 Å². The first-order valence-corrected chi connectivity index (χ1v) is 7.50. The number of aryl methyl sites for hydroxylation is 2. The molecule has 4 heteroatoms. The van der Waals surface area contributed by atoms with Gasteiger partial charge in [-0.25, -0.2) is 0 Å². The van der Waals surface area contributed by atoms with Crippen molar-refractivity contribution in [2.24, 2.45) is 17.5 Å². The molecule has 0 saturated heterocycles. The predicted molar refractivity (Wildman–Crippen MR) is 72.3 cm³/mol. The Balaban J connectivity index is 2.41. The summed E-state index contributed by atoms with van der Waals surface area (Å²) in [7, 11) is 2.10. The van der Waals surface area contributed by atoms with Crippen LogP contribution in [0.25, 0.3) is 15.4 Å². The second-order valence-corrected chi connectivity index (χ2v) is 5.73. The van der Waals surface area contributed by atoms with Crippen molar-refractivity contribution in [3.8, 4) is 0 Å². The zero-order valence-corrected chi connectivity index (χ0v) is 11.4. The quantitative estimate of drug-likeness (QED) is 0.779. The molecule has 0 atom stereocenters. The van der Waals surface area contributed by atoms with Gasteiger partial charge >= 0.3 is 107 Å². The molecule has 0 amide bonds. The Labute approximate surface area is 107 Å². The van der Waals surface area contributed by atoms with E-state index in [1.807, 2.05) is 0 Å². The van der Waals surface area contributed by atoms with E-state index in [2.05, 4.69) is 35.9 Å². The van der Waals surface area contributed by atoms with Crippen molar-refractivity contribution in [2.45, 2.75) is 12.8 Å². The van der Waals surface area contributed by atoms with E-state index in [-0.39, 0.29) is 15.2 Å². The van der Waals surface area contributed by atoms with Crippen LogP contribution in [0.1, 0.15) is 17.7 Å². The minimum absolute atomic E-state index is 0.0403. The number of para-hydroxylation sites is 1. The molecule has 17 heavy (non-hydrogen) atoms. The van der Waals surface area contributed by atoms with E-state index in [0.29, 0.717) is 0 Å². The van der Waals surface area contributed by atoms with Crippen molar-refractivity contribution >= 4 is 30.5 Å². The van der Waals surface area contributed by atoms with Crippen LogP contribution in [0, 0.1) is 0 Å². The molecular formula is C13H15N3Se. The van der Waals surface area contributed by atoms with Crippen molar-refractivity contribution < 1.29 is 0 Å². The normalized spacial score (nSPS) is 15.4. The molecule has 1 aromatic carbocycles. The summed E-state index contributed by atoms with van der Waals surface area (Å²) in [5.74, 6) is 0. The van der Waals surface area contributed by atoms with Crippen LogP contribution in [0.4, 0.5) is 0 Å². The van der Waals surface area contributed by atoms with Gasteiger partial charge in [-0.1, -0.05) is 0 Å². The molecule has 0 radical (unpaired) electrons. The fraction of sp³-hybridized carbons (Fsp3) is 0.231. The monoisotopic (exact) mass is 293 g/mol. The van der Waals surface area contributed by atoms with E-state index < -0.39 is 0 Å². The predicted octanol–water partition coefficient (Wildman–Crippen LogP) is 1.33. The van der Waals surface area contributed by atoms with Gasteiger partial charge in [0.1, 0.15) is 0 Å². The number of rotatable bonds is 1. The van der Waals surface area contributed by atoms with Crippen molar-refractivity contribution in [1.29, 1.82) is 0 Å². The number of hydrogen-bond donors (Lipinski definition) is 2. The molecule has 0 fully saturated rings. The molecule has 4 N–H and O–H groups in total. The average molecular weight is 292 g/mol. The zero-order valence-electron chi connectivity index (χ0n) is 9.73. The Morgan fingerprint density at radius 2 is 2.00 bits per heavy atom. The Kier molecular flexibility index (Phi) is 2.51. The van der Waals surface area contributed by atoms with Crippen LogP contribution in [-0.4, -0.2) is 19.7 Å². The van der Waals surface area contributed by atoms with Crippen LogP contribution < -0.4 is 10.5 Å². The average Bonchev–Trinajstić information content (AvgIpc) is 2.64. The number of benzene rings is 1. The molecule has 1 aromatic heterocycles. The SMILES string of the molecule is Cn1c2c(c3ccccc31)CCC(N)=C2[Se]N. The van der Waals surface area contributed by atoms with Gasteiger partial charge in [-0.05, 0) is 0 Å². The van der Waals surface area contributed by atoms with E-state index in [9.17, 15) is 0 Å². The summed E-state index contributed by atoms with van der Waals surface area (Å²) in [4.78, 5) is 0.